The molecule has 0 saturated carbocycles. The number of hydrogen-bond donors (Lipinski definition) is 1. The van der Waals surface area contributed by atoms with E-state index in [4.69, 9.17) is 10.5 Å². The van der Waals surface area contributed by atoms with Crippen LogP contribution in [0.25, 0.3) is 0 Å². The van der Waals surface area contributed by atoms with Gasteiger partial charge in [0, 0.05) is 29.0 Å². The van der Waals surface area contributed by atoms with Crippen molar-refractivity contribution in [3.63, 3.8) is 0 Å². The van der Waals surface area contributed by atoms with Crippen molar-refractivity contribution in [3.05, 3.63) is 28.2 Å². The van der Waals surface area contributed by atoms with Crippen LogP contribution in [0, 0.1) is 0 Å². The Hall–Kier alpha value is -0.580. The molecule has 19 heavy (non-hydrogen) atoms. The highest BCUT2D eigenvalue weighted by molar-refractivity contribution is 9.10. The highest BCUT2D eigenvalue weighted by Gasteiger charge is 2.40. The van der Waals surface area contributed by atoms with Gasteiger partial charge in [0.05, 0.1) is 0 Å². The molecule has 1 fully saturated rings. The van der Waals surface area contributed by atoms with Gasteiger partial charge in [0.2, 0.25) is 0 Å². The summed E-state index contributed by atoms with van der Waals surface area (Å²) in [5.74, 6) is 0.970. The first-order valence-electron chi connectivity index (χ1n) is 7.01. The van der Waals surface area contributed by atoms with E-state index in [9.17, 15) is 0 Å². The van der Waals surface area contributed by atoms with E-state index in [2.05, 4.69) is 40.0 Å². The number of ether oxygens (including phenoxy) is 1. The molecule has 1 aromatic carbocycles. The molecule has 0 aromatic heterocycles. The lowest BCUT2D eigenvalue weighted by Crippen LogP contribution is -2.43. The molecule has 2 aliphatic heterocycles. The smallest absolute Gasteiger partial charge is 0.126 e. The second-order valence-corrected chi connectivity index (χ2v) is 6.85. The molecule has 104 valence electrons. The first kappa shape index (κ1) is 13.4. The van der Waals surface area contributed by atoms with Crippen LogP contribution in [0.15, 0.2) is 22.7 Å². The number of hydrogen-bond acceptors (Lipinski definition) is 3. The second kappa shape index (κ2) is 5.08. The van der Waals surface area contributed by atoms with E-state index in [-0.39, 0.29) is 11.6 Å². The van der Waals surface area contributed by atoms with Crippen molar-refractivity contribution in [2.45, 2.75) is 37.3 Å². The highest BCUT2D eigenvalue weighted by Crippen LogP contribution is 2.44. The van der Waals surface area contributed by atoms with Gasteiger partial charge in [-0.2, -0.15) is 0 Å². The molecule has 2 aliphatic rings. The third-order valence-electron chi connectivity index (χ3n) is 4.41. The van der Waals surface area contributed by atoms with E-state index < -0.39 is 0 Å². The molecule has 0 aliphatic carbocycles. The fourth-order valence-corrected chi connectivity index (χ4v) is 3.64. The van der Waals surface area contributed by atoms with Crippen molar-refractivity contribution < 1.29 is 4.74 Å². The Morgan fingerprint density at radius 2 is 2.21 bits per heavy atom. The van der Waals surface area contributed by atoms with Gasteiger partial charge in [-0.25, -0.2) is 0 Å². The van der Waals surface area contributed by atoms with Gasteiger partial charge in [-0.1, -0.05) is 22.0 Å². The summed E-state index contributed by atoms with van der Waals surface area (Å²) in [6.07, 6.45) is 4.31. The normalized spacial score (nSPS) is 31.6. The summed E-state index contributed by atoms with van der Waals surface area (Å²) >= 11 is 3.52. The maximum absolute atomic E-state index is 6.40. The zero-order valence-corrected chi connectivity index (χ0v) is 12.9. The highest BCUT2D eigenvalue weighted by atomic mass is 79.9. The molecule has 0 amide bonds. The Morgan fingerprint density at radius 1 is 1.37 bits per heavy atom. The third kappa shape index (κ3) is 2.67. The zero-order chi connectivity index (χ0) is 13.5. The topological polar surface area (TPSA) is 38.5 Å². The summed E-state index contributed by atoms with van der Waals surface area (Å²) in [5.41, 5.74) is 7.47. The number of likely N-dealkylation sites (tertiary alicyclic amines) is 1. The van der Waals surface area contributed by atoms with Crippen LogP contribution < -0.4 is 10.5 Å². The number of benzene rings is 1. The van der Waals surface area contributed by atoms with Crippen LogP contribution in [0.4, 0.5) is 0 Å². The molecular weight excluding hydrogens is 304 g/mol. The Bertz CT molecular complexity index is 479. The predicted octanol–water partition coefficient (Wildman–Crippen LogP) is 3.09. The summed E-state index contributed by atoms with van der Waals surface area (Å²) < 4.78 is 7.46. The quantitative estimate of drug-likeness (QED) is 0.797. The lowest BCUT2D eigenvalue weighted by molar-refractivity contribution is 0.0223. The summed E-state index contributed by atoms with van der Waals surface area (Å²) in [6, 6.07) is 6.28. The Kier molecular flexibility index (Phi) is 3.58. The van der Waals surface area contributed by atoms with Crippen LogP contribution in [0.1, 0.15) is 37.3 Å². The zero-order valence-electron chi connectivity index (χ0n) is 11.4. The van der Waals surface area contributed by atoms with Crippen molar-refractivity contribution in [3.8, 4) is 5.75 Å². The van der Waals surface area contributed by atoms with Gasteiger partial charge >= 0.3 is 0 Å². The van der Waals surface area contributed by atoms with E-state index in [1.54, 1.807) is 0 Å². The first-order valence-corrected chi connectivity index (χ1v) is 7.80. The molecule has 3 rings (SSSR count). The molecule has 1 spiro atoms. The largest absolute Gasteiger partial charge is 0.487 e. The average molecular weight is 325 g/mol. The SMILES string of the molecule is CN1CCCC2(CC1)CC(N)c1ccc(Br)cc1O2. The number of rotatable bonds is 0. The van der Waals surface area contributed by atoms with E-state index in [1.807, 2.05) is 6.07 Å². The van der Waals surface area contributed by atoms with Crippen molar-refractivity contribution in [2.75, 3.05) is 20.1 Å². The minimum Gasteiger partial charge on any atom is -0.487 e. The average Bonchev–Trinajstić information content (AvgIpc) is 2.52. The Labute approximate surface area is 123 Å². The number of halogens is 1. The summed E-state index contributed by atoms with van der Waals surface area (Å²) in [7, 11) is 2.19. The molecule has 2 atom stereocenters. The van der Waals surface area contributed by atoms with Gasteiger partial charge < -0.3 is 15.4 Å². The van der Waals surface area contributed by atoms with Crippen molar-refractivity contribution in [2.24, 2.45) is 5.73 Å². The van der Waals surface area contributed by atoms with Crippen molar-refractivity contribution in [1.82, 2.24) is 4.90 Å². The third-order valence-corrected chi connectivity index (χ3v) is 4.91. The maximum atomic E-state index is 6.40. The van der Waals surface area contributed by atoms with Crippen LogP contribution in [0.5, 0.6) is 5.75 Å². The molecule has 4 heteroatoms. The number of nitrogens with two attached hydrogens (primary N) is 1. The number of nitrogens with zero attached hydrogens (tertiary/aromatic N) is 1. The molecule has 1 aromatic rings. The van der Waals surface area contributed by atoms with Crippen LogP contribution in [-0.4, -0.2) is 30.6 Å². The second-order valence-electron chi connectivity index (χ2n) is 5.93. The predicted molar refractivity (Wildman–Crippen MR) is 80.4 cm³/mol. The van der Waals surface area contributed by atoms with Crippen molar-refractivity contribution in [1.29, 1.82) is 0 Å². The monoisotopic (exact) mass is 324 g/mol. The first-order chi connectivity index (χ1) is 9.08. The summed E-state index contributed by atoms with van der Waals surface area (Å²) in [4.78, 5) is 2.39. The summed E-state index contributed by atoms with van der Waals surface area (Å²) in [6.45, 7) is 2.25. The van der Waals surface area contributed by atoms with Crippen LogP contribution >= 0.6 is 15.9 Å². The summed E-state index contributed by atoms with van der Waals surface area (Å²) in [5, 5.41) is 0. The fraction of sp³-hybridized carbons (Fsp3) is 0.600. The molecular formula is C15H21BrN2O. The molecule has 0 radical (unpaired) electrons. The minimum atomic E-state index is -0.0576. The van der Waals surface area contributed by atoms with Gasteiger partial charge in [-0.15, -0.1) is 0 Å². The van der Waals surface area contributed by atoms with Gasteiger partial charge in [-0.3, -0.25) is 0 Å². The Morgan fingerprint density at radius 3 is 3.05 bits per heavy atom. The van der Waals surface area contributed by atoms with E-state index in [0.29, 0.717) is 0 Å². The van der Waals surface area contributed by atoms with E-state index in [0.717, 1.165) is 48.1 Å². The molecule has 2 N–H and O–H groups in total. The standard InChI is InChI=1S/C15H21BrN2O/c1-18-7-2-5-15(6-8-18)10-13(17)12-4-3-11(16)9-14(12)19-15/h3-4,9,13H,2,5-8,10,17H2,1H3. The van der Waals surface area contributed by atoms with Crippen LogP contribution in [0.2, 0.25) is 0 Å². The minimum absolute atomic E-state index is 0.0576. The van der Waals surface area contributed by atoms with Gasteiger partial charge in [0.25, 0.3) is 0 Å². The molecule has 1 saturated heterocycles. The van der Waals surface area contributed by atoms with Gasteiger partial charge in [-0.05, 0) is 45.0 Å². The molecule has 0 bridgehead atoms. The van der Waals surface area contributed by atoms with E-state index in [1.165, 1.54) is 6.42 Å². The fourth-order valence-electron chi connectivity index (χ4n) is 3.30. The molecule has 2 unspecified atom stereocenters. The molecule has 2 heterocycles. The van der Waals surface area contributed by atoms with E-state index >= 15 is 0 Å². The van der Waals surface area contributed by atoms with Gasteiger partial charge in [0.1, 0.15) is 11.4 Å². The molecule has 3 nitrogen and oxygen atoms in total. The van der Waals surface area contributed by atoms with Gasteiger partial charge in [0.15, 0.2) is 0 Å². The number of fused-ring (bicyclic) bond motifs is 1. The van der Waals surface area contributed by atoms with Crippen LogP contribution in [0.3, 0.4) is 0 Å². The Balaban J connectivity index is 1.90. The van der Waals surface area contributed by atoms with Crippen molar-refractivity contribution >= 4 is 15.9 Å². The van der Waals surface area contributed by atoms with Crippen LogP contribution in [-0.2, 0) is 0 Å². The lowest BCUT2D eigenvalue weighted by atomic mass is 9.82. The maximum Gasteiger partial charge on any atom is 0.126 e. The lowest BCUT2D eigenvalue weighted by Gasteiger charge is -2.41.